The summed E-state index contributed by atoms with van der Waals surface area (Å²) in [5.74, 6) is 0.708. The van der Waals surface area contributed by atoms with E-state index in [1.54, 1.807) is 0 Å². The Morgan fingerprint density at radius 3 is 2.58 bits per heavy atom. The molecule has 0 amide bonds. The van der Waals surface area contributed by atoms with Gasteiger partial charge in [0.05, 0.1) is 0 Å². The second-order valence-electron chi connectivity index (χ2n) is 5.10. The Morgan fingerprint density at radius 1 is 1.00 bits per heavy atom. The molecule has 0 aromatic heterocycles. The highest BCUT2D eigenvalue weighted by atomic mass is 14.9. The van der Waals surface area contributed by atoms with Crippen molar-refractivity contribution in [1.82, 2.24) is 10.6 Å². The molecule has 0 spiro atoms. The van der Waals surface area contributed by atoms with E-state index in [1.807, 2.05) is 7.05 Å². The van der Waals surface area contributed by atoms with E-state index in [0.29, 0.717) is 5.92 Å². The van der Waals surface area contributed by atoms with Gasteiger partial charge in [0.15, 0.2) is 0 Å². The fraction of sp³-hybridized carbons (Fsp3) is 0.412. The normalized spacial score (nSPS) is 12.7. The van der Waals surface area contributed by atoms with E-state index in [1.165, 1.54) is 22.8 Å². The molecule has 2 aromatic rings. The van der Waals surface area contributed by atoms with Crippen LogP contribution in [0.4, 0.5) is 0 Å². The number of hydrogen-bond donors (Lipinski definition) is 2. The van der Waals surface area contributed by atoms with Gasteiger partial charge < -0.3 is 10.6 Å². The lowest BCUT2D eigenvalue weighted by molar-refractivity contribution is 0.445. The minimum atomic E-state index is 0.708. The van der Waals surface area contributed by atoms with Crippen molar-refractivity contribution in [3.63, 3.8) is 0 Å². The molecule has 2 heteroatoms. The lowest BCUT2D eigenvalue weighted by Crippen LogP contribution is -2.29. The molecule has 19 heavy (non-hydrogen) atoms. The highest BCUT2D eigenvalue weighted by Crippen LogP contribution is 2.18. The van der Waals surface area contributed by atoms with Crippen LogP contribution >= 0.6 is 0 Å². The van der Waals surface area contributed by atoms with Crippen molar-refractivity contribution in [2.75, 3.05) is 20.1 Å². The number of nitrogens with one attached hydrogen (secondary N) is 2. The van der Waals surface area contributed by atoms with Crippen LogP contribution in [-0.2, 0) is 6.54 Å². The van der Waals surface area contributed by atoms with Crippen molar-refractivity contribution in [2.45, 2.75) is 19.9 Å². The Labute approximate surface area is 116 Å². The number of rotatable bonds is 7. The van der Waals surface area contributed by atoms with Crippen molar-refractivity contribution < 1.29 is 0 Å². The van der Waals surface area contributed by atoms with E-state index in [2.05, 4.69) is 60.0 Å². The summed E-state index contributed by atoms with van der Waals surface area (Å²) in [7, 11) is 2.02. The number of hydrogen-bond acceptors (Lipinski definition) is 2. The first-order chi connectivity index (χ1) is 9.35. The van der Waals surface area contributed by atoms with Gasteiger partial charge in [0.2, 0.25) is 0 Å². The largest absolute Gasteiger partial charge is 0.319 e. The molecule has 102 valence electrons. The maximum atomic E-state index is 3.59. The SMILES string of the molecule is CCC(CNC)CNCc1cccc2ccccc12. The second-order valence-corrected chi connectivity index (χ2v) is 5.10. The Balaban J connectivity index is 1.98. The maximum absolute atomic E-state index is 3.59. The van der Waals surface area contributed by atoms with Gasteiger partial charge in [-0.25, -0.2) is 0 Å². The molecule has 0 fully saturated rings. The van der Waals surface area contributed by atoms with Crippen LogP contribution in [0.5, 0.6) is 0 Å². The quantitative estimate of drug-likeness (QED) is 0.795. The molecule has 2 N–H and O–H groups in total. The van der Waals surface area contributed by atoms with Gasteiger partial charge in [-0.15, -0.1) is 0 Å². The van der Waals surface area contributed by atoms with Gasteiger partial charge in [0.25, 0.3) is 0 Å². The zero-order valence-electron chi connectivity index (χ0n) is 11.9. The van der Waals surface area contributed by atoms with Crippen molar-refractivity contribution in [3.05, 3.63) is 48.0 Å². The molecule has 0 saturated carbocycles. The molecule has 2 aromatic carbocycles. The average Bonchev–Trinajstić information content (AvgIpc) is 2.46. The third kappa shape index (κ3) is 3.79. The summed E-state index contributed by atoms with van der Waals surface area (Å²) in [6.45, 7) is 5.35. The minimum Gasteiger partial charge on any atom is -0.319 e. The number of benzene rings is 2. The van der Waals surface area contributed by atoms with E-state index >= 15 is 0 Å². The molecule has 0 radical (unpaired) electrons. The first kappa shape index (κ1) is 14.0. The van der Waals surface area contributed by atoms with Crippen molar-refractivity contribution >= 4 is 10.8 Å². The molecule has 2 rings (SSSR count). The first-order valence-corrected chi connectivity index (χ1v) is 7.17. The van der Waals surface area contributed by atoms with Gasteiger partial charge in [-0.05, 0) is 42.4 Å². The van der Waals surface area contributed by atoms with E-state index in [0.717, 1.165) is 19.6 Å². The fourth-order valence-electron chi connectivity index (χ4n) is 2.51. The van der Waals surface area contributed by atoms with Crippen LogP contribution < -0.4 is 10.6 Å². The van der Waals surface area contributed by atoms with Crippen LogP contribution in [0.2, 0.25) is 0 Å². The fourth-order valence-corrected chi connectivity index (χ4v) is 2.51. The van der Waals surface area contributed by atoms with E-state index in [9.17, 15) is 0 Å². The Kier molecular flexibility index (Phi) is 5.37. The number of fused-ring (bicyclic) bond motifs is 1. The van der Waals surface area contributed by atoms with Crippen molar-refractivity contribution in [2.24, 2.45) is 5.92 Å². The molecule has 1 atom stereocenters. The van der Waals surface area contributed by atoms with Gasteiger partial charge in [0.1, 0.15) is 0 Å². The lowest BCUT2D eigenvalue weighted by atomic mass is 10.0. The zero-order valence-corrected chi connectivity index (χ0v) is 11.9. The summed E-state index contributed by atoms with van der Waals surface area (Å²) < 4.78 is 0. The smallest absolute Gasteiger partial charge is 0.0211 e. The third-order valence-corrected chi connectivity index (χ3v) is 3.70. The molecule has 0 aliphatic rings. The van der Waals surface area contributed by atoms with Gasteiger partial charge >= 0.3 is 0 Å². The molecule has 2 nitrogen and oxygen atoms in total. The van der Waals surface area contributed by atoms with Gasteiger partial charge in [0, 0.05) is 6.54 Å². The van der Waals surface area contributed by atoms with Crippen molar-refractivity contribution in [1.29, 1.82) is 0 Å². The van der Waals surface area contributed by atoms with Crippen LogP contribution in [0.1, 0.15) is 18.9 Å². The molecular formula is C17H24N2. The second kappa shape index (κ2) is 7.27. The average molecular weight is 256 g/mol. The lowest BCUT2D eigenvalue weighted by Gasteiger charge is -2.15. The molecule has 1 unspecified atom stereocenters. The zero-order chi connectivity index (χ0) is 13.5. The van der Waals surface area contributed by atoms with Crippen LogP contribution in [-0.4, -0.2) is 20.1 Å². The summed E-state index contributed by atoms with van der Waals surface area (Å²) in [4.78, 5) is 0. The topological polar surface area (TPSA) is 24.1 Å². The molecule has 0 bridgehead atoms. The summed E-state index contributed by atoms with van der Waals surface area (Å²) in [6.07, 6.45) is 1.21. The van der Waals surface area contributed by atoms with E-state index < -0.39 is 0 Å². The first-order valence-electron chi connectivity index (χ1n) is 7.17. The van der Waals surface area contributed by atoms with E-state index in [4.69, 9.17) is 0 Å². The summed E-state index contributed by atoms with van der Waals surface area (Å²) in [5.41, 5.74) is 1.39. The van der Waals surface area contributed by atoms with Gasteiger partial charge in [-0.2, -0.15) is 0 Å². The monoisotopic (exact) mass is 256 g/mol. The molecule has 0 heterocycles. The summed E-state index contributed by atoms with van der Waals surface area (Å²) in [5, 5.41) is 9.53. The van der Waals surface area contributed by atoms with E-state index in [-0.39, 0.29) is 0 Å². The summed E-state index contributed by atoms with van der Waals surface area (Å²) >= 11 is 0. The molecule has 0 aliphatic carbocycles. The highest BCUT2D eigenvalue weighted by molar-refractivity contribution is 5.85. The molecule has 0 saturated heterocycles. The maximum Gasteiger partial charge on any atom is 0.0211 e. The predicted molar refractivity (Wildman–Crippen MR) is 83.4 cm³/mol. The Morgan fingerprint density at radius 2 is 1.79 bits per heavy atom. The standard InChI is InChI=1S/C17H24N2/c1-3-14(11-18-2)12-19-13-16-9-6-8-15-7-4-5-10-17(15)16/h4-10,14,18-19H,3,11-13H2,1-2H3. The van der Waals surface area contributed by atoms with Gasteiger partial charge in [-0.1, -0.05) is 55.8 Å². The van der Waals surface area contributed by atoms with Crippen LogP contribution in [0, 0.1) is 5.92 Å². The predicted octanol–water partition coefficient (Wildman–Crippen LogP) is 3.18. The van der Waals surface area contributed by atoms with Crippen LogP contribution in [0.25, 0.3) is 10.8 Å². The molecule has 0 aliphatic heterocycles. The Hall–Kier alpha value is -1.38. The minimum absolute atomic E-state index is 0.708. The van der Waals surface area contributed by atoms with Crippen molar-refractivity contribution in [3.8, 4) is 0 Å². The van der Waals surface area contributed by atoms with Gasteiger partial charge in [-0.3, -0.25) is 0 Å². The van der Waals surface area contributed by atoms with Crippen LogP contribution in [0.15, 0.2) is 42.5 Å². The highest BCUT2D eigenvalue weighted by Gasteiger charge is 2.05. The third-order valence-electron chi connectivity index (χ3n) is 3.70. The van der Waals surface area contributed by atoms with Crippen LogP contribution in [0.3, 0.4) is 0 Å². The molecular weight excluding hydrogens is 232 g/mol. The summed E-state index contributed by atoms with van der Waals surface area (Å²) in [6, 6.07) is 15.1. The Bertz CT molecular complexity index is 502.